The molecule has 2 amide bonds. The Morgan fingerprint density at radius 1 is 1.03 bits per heavy atom. The molecule has 2 aromatic rings. The number of rotatable bonds is 4. The van der Waals surface area contributed by atoms with Crippen LogP contribution in [0.5, 0.6) is 0 Å². The van der Waals surface area contributed by atoms with Crippen molar-refractivity contribution < 1.29 is 19.5 Å². The molecule has 1 aliphatic heterocycles. The number of nitrogens with zero attached hydrogens (tertiary/aromatic N) is 1. The average molecular weight is 393 g/mol. The van der Waals surface area contributed by atoms with E-state index in [0.717, 1.165) is 16.7 Å². The molecule has 2 unspecified atom stereocenters. The molecule has 1 N–H and O–H groups in total. The molecule has 29 heavy (non-hydrogen) atoms. The van der Waals surface area contributed by atoms with Gasteiger partial charge in [-0.25, -0.2) is 0 Å². The first-order valence-corrected chi connectivity index (χ1v) is 9.80. The molecule has 1 aliphatic rings. The van der Waals surface area contributed by atoms with Gasteiger partial charge >= 0.3 is 5.97 Å². The standard InChI is InChI=1S/C24H27NO4/c1-23(2,3)20(26)25-19(15-24(4,21(25)27)22(28)29)14-16-10-12-18(13-11-16)17-8-6-5-7-9-17/h5-13,19H,14-15H2,1-4H3,(H,28,29). The minimum atomic E-state index is -1.57. The van der Waals surface area contributed by atoms with E-state index < -0.39 is 28.7 Å². The smallest absolute Gasteiger partial charge is 0.319 e. The normalized spacial score (nSPS) is 22.0. The molecule has 3 rings (SSSR count). The molecule has 0 spiro atoms. The molecule has 0 aliphatic carbocycles. The Hall–Kier alpha value is -2.95. The Morgan fingerprint density at radius 2 is 1.59 bits per heavy atom. The lowest BCUT2D eigenvalue weighted by Gasteiger charge is -2.29. The topological polar surface area (TPSA) is 74.7 Å². The first kappa shape index (κ1) is 20.8. The second kappa shape index (κ2) is 7.47. The second-order valence-electron chi connectivity index (χ2n) is 8.99. The highest BCUT2D eigenvalue weighted by Gasteiger charge is 2.56. The van der Waals surface area contributed by atoms with Crippen LogP contribution in [0.4, 0.5) is 0 Å². The van der Waals surface area contributed by atoms with Crippen LogP contribution in [0.25, 0.3) is 11.1 Å². The van der Waals surface area contributed by atoms with Crippen LogP contribution in [0.1, 0.15) is 39.7 Å². The van der Waals surface area contributed by atoms with E-state index in [1.807, 2.05) is 54.6 Å². The van der Waals surface area contributed by atoms with E-state index in [9.17, 15) is 19.5 Å². The van der Waals surface area contributed by atoms with Gasteiger partial charge in [0.1, 0.15) is 5.41 Å². The first-order valence-electron chi connectivity index (χ1n) is 9.80. The zero-order valence-corrected chi connectivity index (χ0v) is 17.3. The Labute approximate surface area is 171 Å². The number of carboxylic acids is 1. The fraction of sp³-hybridized carbons (Fsp3) is 0.375. The summed E-state index contributed by atoms with van der Waals surface area (Å²) in [6, 6.07) is 17.5. The molecule has 0 bridgehead atoms. The van der Waals surface area contributed by atoms with Crippen molar-refractivity contribution in [3.05, 3.63) is 60.2 Å². The largest absolute Gasteiger partial charge is 0.480 e. The van der Waals surface area contributed by atoms with Crippen LogP contribution in [0, 0.1) is 10.8 Å². The van der Waals surface area contributed by atoms with E-state index in [4.69, 9.17) is 0 Å². The number of amides is 2. The van der Waals surface area contributed by atoms with Gasteiger partial charge in [0.15, 0.2) is 0 Å². The van der Waals surface area contributed by atoms with Crippen LogP contribution < -0.4 is 0 Å². The Balaban J connectivity index is 1.88. The van der Waals surface area contributed by atoms with E-state index >= 15 is 0 Å². The molecule has 0 saturated carbocycles. The molecule has 1 heterocycles. The van der Waals surface area contributed by atoms with Gasteiger partial charge in [-0.1, -0.05) is 75.4 Å². The van der Waals surface area contributed by atoms with E-state index in [2.05, 4.69) is 0 Å². The monoisotopic (exact) mass is 393 g/mol. The molecule has 1 fully saturated rings. The molecule has 0 aromatic heterocycles. The van der Waals surface area contributed by atoms with Gasteiger partial charge < -0.3 is 5.11 Å². The summed E-state index contributed by atoms with van der Waals surface area (Å²) in [5.74, 6) is -2.13. The van der Waals surface area contributed by atoms with Crippen LogP contribution in [0.2, 0.25) is 0 Å². The quantitative estimate of drug-likeness (QED) is 0.792. The van der Waals surface area contributed by atoms with Crippen molar-refractivity contribution in [3.63, 3.8) is 0 Å². The summed E-state index contributed by atoms with van der Waals surface area (Å²) in [7, 11) is 0. The van der Waals surface area contributed by atoms with Crippen LogP contribution in [-0.2, 0) is 20.8 Å². The van der Waals surface area contributed by atoms with Crippen LogP contribution in [0.15, 0.2) is 54.6 Å². The highest BCUT2D eigenvalue weighted by molar-refractivity contribution is 6.10. The number of aliphatic carboxylic acids is 1. The molecule has 152 valence electrons. The second-order valence-corrected chi connectivity index (χ2v) is 8.99. The maximum Gasteiger partial charge on any atom is 0.319 e. The summed E-state index contributed by atoms with van der Waals surface area (Å²) in [6.45, 7) is 6.64. The van der Waals surface area contributed by atoms with Crippen LogP contribution in [-0.4, -0.2) is 33.8 Å². The Kier molecular flexibility index (Phi) is 5.35. The minimum absolute atomic E-state index is 0.115. The number of hydrogen-bond acceptors (Lipinski definition) is 3. The van der Waals surface area contributed by atoms with Crippen molar-refractivity contribution in [2.45, 2.75) is 46.6 Å². The molecule has 1 saturated heterocycles. The minimum Gasteiger partial charge on any atom is -0.480 e. The summed E-state index contributed by atoms with van der Waals surface area (Å²) in [6.07, 6.45) is 0.551. The molecule has 5 nitrogen and oxygen atoms in total. The van der Waals surface area contributed by atoms with Crippen molar-refractivity contribution in [1.82, 2.24) is 4.90 Å². The zero-order chi connectivity index (χ0) is 21.4. The van der Waals surface area contributed by atoms with Gasteiger partial charge in [-0.2, -0.15) is 0 Å². The fourth-order valence-corrected chi connectivity index (χ4v) is 3.78. The van der Waals surface area contributed by atoms with Gasteiger partial charge in [0.2, 0.25) is 11.8 Å². The zero-order valence-electron chi connectivity index (χ0n) is 17.3. The van der Waals surface area contributed by atoms with Gasteiger partial charge in [0, 0.05) is 11.5 Å². The molecule has 0 radical (unpaired) electrons. The van der Waals surface area contributed by atoms with Crippen molar-refractivity contribution in [2.75, 3.05) is 0 Å². The van der Waals surface area contributed by atoms with E-state index in [0.29, 0.717) is 6.42 Å². The van der Waals surface area contributed by atoms with Crippen molar-refractivity contribution in [2.24, 2.45) is 10.8 Å². The summed E-state index contributed by atoms with van der Waals surface area (Å²) in [5.41, 5.74) is 0.807. The van der Waals surface area contributed by atoms with Crippen molar-refractivity contribution in [3.8, 4) is 11.1 Å². The summed E-state index contributed by atoms with van der Waals surface area (Å²) >= 11 is 0. The third-order valence-electron chi connectivity index (χ3n) is 5.56. The van der Waals surface area contributed by atoms with E-state index in [1.165, 1.54) is 11.8 Å². The molecule has 2 atom stereocenters. The van der Waals surface area contributed by atoms with Gasteiger partial charge in [0.25, 0.3) is 0 Å². The molecular weight excluding hydrogens is 366 g/mol. The van der Waals surface area contributed by atoms with Crippen LogP contribution >= 0.6 is 0 Å². The Bertz CT molecular complexity index is 928. The van der Waals surface area contributed by atoms with Gasteiger partial charge in [-0.3, -0.25) is 19.3 Å². The highest BCUT2D eigenvalue weighted by atomic mass is 16.4. The summed E-state index contributed by atoms with van der Waals surface area (Å²) < 4.78 is 0. The van der Waals surface area contributed by atoms with Gasteiger partial charge in [-0.05, 0) is 36.5 Å². The van der Waals surface area contributed by atoms with Crippen molar-refractivity contribution >= 4 is 17.8 Å². The number of benzene rings is 2. The van der Waals surface area contributed by atoms with E-state index in [1.54, 1.807) is 20.8 Å². The summed E-state index contributed by atoms with van der Waals surface area (Å²) in [4.78, 5) is 38.8. The number of likely N-dealkylation sites (tertiary alicyclic amines) is 1. The van der Waals surface area contributed by atoms with Gasteiger partial charge in [0.05, 0.1) is 0 Å². The number of hydrogen-bond donors (Lipinski definition) is 1. The lowest BCUT2D eigenvalue weighted by atomic mass is 9.86. The molecule has 2 aromatic carbocycles. The van der Waals surface area contributed by atoms with Gasteiger partial charge in [-0.15, -0.1) is 0 Å². The number of carbonyl (C=O) groups excluding carboxylic acids is 2. The number of imide groups is 1. The fourth-order valence-electron chi connectivity index (χ4n) is 3.78. The SMILES string of the molecule is CC(C)(C)C(=O)N1C(=O)C(C)(C(=O)O)CC1Cc1ccc(-c2ccccc2)cc1. The highest BCUT2D eigenvalue weighted by Crippen LogP contribution is 2.40. The predicted molar refractivity (Wildman–Crippen MR) is 111 cm³/mol. The summed E-state index contributed by atoms with van der Waals surface area (Å²) in [5, 5.41) is 9.63. The number of carbonyl (C=O) groups is 3. The molecule has 5 heteroatoms. The first-order chi connectivity index (χ1) is 13.5. The third kappa shape index (κ3) is 3.95. The van der Waals surface area contributed by atoms with E-state index in [-0.39, 0.29) is 12.3 Å². The maximum absolute atomic E-state index is 12.9. The molecular formula is C24H27NO4. The third-order valence-corrected chi connectivity index (χ3v) is 5.56. The average Bonchev–Trinajstić information content (AvgIpc) is 2.93. The lowest BCUT2D eigenvalue weighted by molar-refractivity contribution is -0.158. The lowest BCUT2D eigenvalue weighted by Crippen LogP contribution is -2.48. The maximum atomic E-state index is 12.9. The van der Waals surface area contributed by atoms with Crippen LogP contribution in [0.3, 0.4) is 0 Å². The number of carboxylic acid groups (broad SMARTS) is 1. The van der Waals surface area contributed by atoms with Crippen molar-refractivity contribution in [1.29, 1.82) is 0 Å². The predicted octanol–water partition coefficient (Wildman–Crippen LogP) is 4.16. The Morgan fingerprint density at radius 3 is 2.10 bits per heavy atom.